The summed E-state index contributed by atoms with van der Waals surface area (Å²) in [6.07, 6.45) is -3.54. The van der Waals surface area contributed by atoms with Crippen molar-refractivity contribution in [1.29, 1.82) is 0 Å². The van der Waals surface area contributed by atoms with Crippen molar-refractivity contribution >= 4 is 11.8 Å². The Morgan fingerprint density at radius 2 is 1.81 bits per heavy atom. The predicted octanol–water partition coefficient (Wildman–Crippen LogP) is -1.10. The van der Waals surface area contributed by atoms with Crippen LogP contribution in [-0.2, 0) is 14.3 Å². The van der Waals surface area contributed by atoms with Gasteiger partial charge in [0, 0.05) is 0 Å². The van der Waals surface area contributed by atoms with Crippen LogP contribution in [0.1, 0.15) is 6.92 Å². The van der Waals surface area contributed by atoms with E-state index in [-0.39, 0.29) is 5.57 Å². The SMILES string of the molecule is C=C(C)C(=O)C(=C)C(=O)OC(O)C(O)CO. The first-order chi connectivity index (χ1) is 7.31. The van der Waals surface area contributed by atoms with E-state index in [1.54, 1.807) is 0 Å². The number of aliphatic hydroxyl groups is 3. The zero-order chi connectivity index (χ0) is 12.9. The number of aliphatic hydroxyl groups excluding tert-OH is 3. The maximum Gasteiger partial charge on any atom is 0.343 e. The van der Waals surface area contributed by atoms with E-state index >= 15 is 0 Å². The van der Waals surface area contributed by atoms with Crippen molar-refractivity contribution < 1.29 is 29.6 Å². The molecule has 3 N–H and O–H groups in total. The average molecular weight is 230 g/mol. The molecule has 0 radical (unpaired) electrons. The van der Waals surface area contributed by atoms with Gasteiger partial charge in [-0.2, -0.15) is 0 Å². The van der Waals surface area contributed by atoms with Gasteiger partial charge in [0.2, 0.25) is 6.29 Å². The van der Waals surface area contributed by atoms with E-state index in [2.05, 4.69) is 17.9 Å². The smallest absolute Gasteiger partial charge is 0.343 e. The van der Waals surface area contributed by atoms with Gasteiger partial charge in [-0.1, -0.05) is 13.2 Å². The van der Waals surface area contributed by atoms with E-state index in [0.717, 1.165) is 0 Å². The van der Waals surface area contributed by atoms with E-state index in [0.29, 0.717) is 0 Å². The van der Waals surface area contributed by atoms with Gasteiger partial charge in [-0.05, 0) is 12.5 Å². The third-order valence-corrected chi connectivity index (χ3v) is 1.65. The quantitative estimate of drug-likeness (QED) is 0.176. The van der Waals surface area contributed by atoms with Crippen molar-refractivity contribution in [2.75, 3.05) is 6.61 Å². The summed E-state index contributed by atoms with van der Waals surface area (Å²) in [5.74, 6) is -1.87. The van der Waals surface area contributed by atoms with Crippen LogP contribution in [0, 0.1) is 0 Å². The summed E-state index contributed by atoms with van der Waals surface area (Å²) < 4.78 is 4.28. The summed E-state index contributed by atoms with van der Waals surface area (Å²) in [4.78, 5) is 22.4. The van der Waals surface area contributed by atoms with Crippen molar-refractivity contribution in [1.82, 2.24) is 0 Å². The van der Waals surface area contributed by atoms with Gasteiger partial charge in [0.15, 0.2) is 5.78 Å². The molecule has 0 aromatic rings. The number of rotatable bonds is 6. The van der Waals surface area contributed by atoms with Crippen LogP contribution in [-0.4, -0.2) is 46.1 Å². The van der Waals surface area contributed by atoms with Gasteiger partial charge in [0.1, 0.15) is 11.7 Å². The lowest BCUT2D eigenvalue weighted by Gasteiger charge is -2.16. The van der Waals surface area contributed by atoms with Gasteiger partial charge in [0.05, 0.1) is 6.61 Å². The molecule has 0 saturated carbocycles. The molecule has 0 spiro atoms. The molecule has 0 amide bonds. The Balaban J connectivity index is 4.43. The fourth-order valence-corrected chi connectivity index (χ4v) is 0.700. The molecule has 0 rings (SSSR count). The molecule has 0 aromatic carbocycles. The average Bonchev–Trinajstić information content (AvgIpc) is 2.25. The topological polar surface area (TPSA) is 104 Å². The summed E-state index contributed by atoms with van der Waals surface area (Å²) in [5.41, 5.74) is -0.407. The van der Waals surface area contributed by atoms with Crippen molar-refractivity contribution in [3.8, 4) is 0 Å². The Morgan fingerprint density at radius 1 is 1.31 bits per heavy atom. The summed E-state index contributed by atoms with van der Waals surface area (Å²) in [5, 5.41) is 26.4. The van der Waals surface area contributed by atoms with Gasteiger partial charge >= 0.3 is 5.97 Å². The second kappa shape index (κ2) is 6.16. The molecular formula is C10H14O6. The molecule has 0 aliphatic heterocycles. The van der Waals surface area contributed by atoms with Crippen LogP contribution in [0.3, 0.4) is 0 Å². The molecule has 2 unspecified atom stereocenters. The fraction of sp³-hybridized carbons (Fsp3) is 0.400. The lowest BCUT2D eigenvalue weighted by Crippen LogP contribution is -2.34. The Kier molecular flexibility index (Phi) is 5.59. The molecule has 0 saturated heterocycles. The summed E-state index contributed by atoms with van der Waals surface area (Å²) >= 11 is 0. The number of esters is 1. The number of hydrogen-bond acceptors (Lipinski definition) is 6. The number of carbonyl (C=O) groups is 2. The summed E-state index contributed by atoms with van der Waals surface area (Å²) in [7, 11) is 0. The minimum atomic E-state index is -1.91. The molecule has 2 atom stereocenters. The molecular weight excluding hydrogens is 216 g/mol. The Labute approximate surface area is 92.5 Å². The van der Waals surface area contributed by atoms with Gasteiger partial charge in [0.25, 0.3) is 0 Å². The highest BCUT2D eigenvalue weighted by molar-refractivity contribution is 6.23. The number of hydrogen-bond donors (Lipinski definition) is 3. The Morgan fingerprint density at radius 3 is 2.19 bits per heavy atom. The third kappa shape index (κ3) is 3.93. The molecule has 16 heavy (non-hydrogen) atoms. The molecule has 6 heteroatoms. The third-order valence-electron chi connectivity index (χ3n) is 1.65. The molecule has 90 valence electrons. The zero-order valence-electron chi connectivity index (χ0n) is 8.84. The first-order valence-electron chi connectivity index (χ1n) is 4.38. The van der Waals surface area contributed by atoms with Crippen LogP contribution in [0.5, 0.6) is 0 Å². The number of ketones is 1. The summed E-state index contributed by atoms with van der Waals surface area (Å²) in [6.45, 7) is 7.10. The van der Waals surface area contributed by atoms with Crippen LogP contribution < -0.4 is 0 Å². The highest BCUT2D eigenvalue weighted by Crippen LogP contribution is 2.06. The second-order valence-electron chi connectivity index (χ2n) is 3.13. The second-order valence-corrected chi connectivity index (χ2v) is 3.13. The lowest BCUT2D eigenvalue weighted by molar-refractivity contribution is -0.186. The minimum absolute atomic E-state index is 0.0964. The monoisotopic (exact) mass is 230 g/mol. The van der Waals surface area contributed by atoms with Crippen molar-refractivity contribution in [3.05, 3.63) is 24.3 Å². The first-order valence-corrected chi connectivity index (χ1v) is 4.38. The number of allylic oxidation sites excluding steroid dienone is 1. The lowest BCUT2D eigenvalue weighted by atomic mass is 10.1. The molecule has 0 aliphatic rings. The Hall–Kier alpha value is -1.50. The van der Waals surface area contributed by atoms with E-state index in [9.17, 15) is 9.59 Å². The van der Waals surface area contributed by atoms with Crippen LogP contribution in [0.4, 0.5) is 0 Å². The van der Waals surface area contributed by atoms with E-state index in [4.69, 9.17) is 15.3 Å². The zero-order valence-corrected chi connectivity index (χ0v) is 8.84. The van der Waals surface area contributed by atoms with Crippen molar-refractivity contribution in [2.45, 2.75) is 19.3 Å². The van der Waals surface area contributed by atoms with Crippen molar-refractivity contribution in [2.24, 2.45) is 0 Å². The molecule has 0 aliphatic carbocycles. The number of ether oxygens (including phenoxy) is 1. The van der Waals surface area contributed by atoms with Crippen molar-refractivity contribution in [3.63, 3.8) is 0 Å². The fourth-order valence-electron chi connectivity index (χ4n) is 0.700. The molecule has 0 aromatic heterocycles. The Bertz CT molecular complexity index is 319. The largest absolute Gasteiger partial charge is 0.429 e. The van der Waals surface area contributed by atoms with Crippen LogP contribution in [0.2, 0.25) is 0 Å². The molecule has 0 fully saturated rings. The molecule has 0 heterocycles. The highest BCUT2D eigenvalue weighted by Gasteiger charge is 2.24. The number of carbonyl (C=O) groups excluding carboxylic acids is 2. The van der Waals surface area contributed by atoms with E-state index in [1.165, 1.54) is 6.92 Å². The highest BCUT2D eigenvalue weighted by atomic mass is 16.6. The van der Waals surface area contributed by atoms with Crippen LogP contribution >= 0.6 is 0 Å². The van der Waals surface area contributed by atoms with Gasteiger partial charge < -0.3 is 20.1 Å². The predicted molar refractivity (Wildman–Crippen MR) is 54.2 cm³/mol. The van der Waals surface area contributed by atoms with E-state index in [1.807, 2.05) is 0 Å². The van der Waals surface area contributed by atoms with Gasteiger partial charge in [-0.15, -0.1) is 0 Å². The first kappa shape index (κ1) is 14.5. The normalized spacial score (nSPS) is 13.8. The summed E-state index contributed by atoms with van der Waals surface area (Å²) in [6, 6.07) is 0. The van der Waals surface area contributed by atoms with E-state index < -0.39 is 36.3 Å². The maximum absolute atomic E-state index is 11.2. The molecule has 6 nitrogen and oxygen atoms in total. The number of Topliss-reactive ketones (excluding diaryl/α,β-unsaturated/α-hetero) is 1. The van der Waals surface area contributed by atoms with Gasteiger partial charge in [-0.3, -0.25) is 4.79 Å². The van der Waals surface area contributed by atoms with Crippen LogP contribution in [0.15, 0.2) is 24.3 Å². The minimum Gasteiger partial charge on any atom is -0.429 e. The maximum atomic E-state index is 11.2. The van der Waals surface area contributed by atoms with Gasteiger partial charge in [-0.25, -0.2) is 4.79 Å². The standard InChI is InChI=1S/C10H14O6/c1-5(2)8(13)6(3)9(14)16-10(15)7(12)4-11/h7,10-12,15H,1,3-4H2,2H3. The molecule has 0 bridgehead atoms. The van der Waals surface area contributed by atoms with Crippen LogP contribution in [0.25, 0.3) is 0 Å².